The molecule has 0 bridgehead atoms. The summed E-state index contributed by atoms with van der Waals surface area (Å²) in [4.78, 5) is 2.49. The third-order valence-electron chi connectivity index (χ3n) is 4.29. The Morgan fingerprint density at radius 3 is 2.73 bits per heavy atom. The van der Waals surface area contributed by atoms with Gasteiger partial charge in [-0.2, -0.15) is 0 Å². The van der Waals surface area contributed by atoms with Crippen molar-refractivity contribution in [2.75, 3.05) is 20.7 Å². The van der Waals surface area contributed by atoms with Crippen LogP contribution in [0.5, 0.6) is 0 Å². The molecule has 0 aromatic rings. The zero-order valence-corrected chi connectivity index (χ0v) is 7.21. The normalized spacial score (nSPS) is 60.0. The average molecular weight is 153 g/mol. The van der Waals surface area contributed by atoms with Gasteiger partial charge in [0.25, 0.3) is 0 Å². The number of ether oxygens (including phenoxy) is 1. The van der Waals surface area contributed by atoms with Crippen LogP contribution in [0.15, 0.2) is 0 Å². The molecule has 1 heterocycles. The Balaban J connectivity index is 1.74. The molecule has 11 heavy (non-hydrogen) atoms. The summed E-state index contributed by atoms with van der Waals surface area (Å²) >= 11 is 0. The Morgan fingerprint density at radius 2 is 2.36 bits per heavy atom. The van der Waals surface area contributed by atoms with Gasteiger partial charge in [-0.1, -0.05) is 0 Å². The molecular weight excluding hydrogens is 138 g/mol. The second-order valence-corrected chi connectivity index (χ2v) is 4.48. The van der Waals surface area contributed by atoms with Crippen LogP contribution in [0.3, 0.4) is 0 Å². The highest BCUT2D eigenvalue weighted by atomic mass is 16.5. The van der Waals surface area contributed by atoms with Crippen LogP contribution < -0.4 is 0 Å². The maximum atomic E-state index is 5.38. The van der Waals surface area contributed by atoms with Gasteiger partial charge in [-0.25, -0.2) is 0 Å². The molecule has 62 valence electrons. The molecule has 3 fully saturated rings. The fraction of sp³-hybridized carbons (Fsp3) is 1.00. The van der Waals surface area contributed by atoms with Crippen LogP contribution in [-0.2, 0) is 4.74 Å². The lowest BCUT2D eigenvalue weighted by Crippen LogP contribution is -2.82. The first-order chi connectivity index (χ1) is 5.28. The van der Waals surface area contributed by atoms with Crippen LogP contribution in [0.1, 0.15) is 12.8 Å². The third-order valence-corrected chi connectivity index (χ3v) is 4.29. The molecule has 0 radical (unpaired) electrons. The first-order valence-electron chi connectivity index (χ1n) is 4.51. The monoisotopic (exact) mass is 153 g/mol. The molecule has 1 saturated heterocycles. The molecule has 1 spiro atoms. The highest BCUT2D eigenvalue weighted by Gasteiger charge is 2.72. The van der Waals surface area contributed by atoms with E-state index in [9.17, 15) is 0 Å². The van der Waals surface area contributed by atoms with Gasteiger partial charge in [-0.3, -0.25) is 0 Å². The zero-order chi connectivity index (χ0) is 7.64. The predicted molar refractivity (Wildman–Crippen MR) is 42.4 cm³/mol. The Bertz CT molecular complexity index is 206. The Morgan fingerprint density at radius 1 is 1.55 bits per heavy atom. The van der Waals surface area contributed by atoms with Crippen LogP contribution in [0, 0.1) is 11.3 Å². The van der Waals surface area contributed by atoms with E-state index in [2.05, 4.69) is 11.9 Å². The number of hydrogen-bond acceptors (Lipinski definition) is 2. The number of piperidine rings is 1. The fourth-order valence-corrected chi connectivity index (χ4v) is 3.58. The molecule has 0 N–H and O–H groups in total. The minimum atomic E-state index is 0.611. The van der Waals surface area contributed by atoms with E-state index in [-0.39, 0.29) is 0 Å². The quantitative estimate of drug-likeness (QED) is 0.550. The highest BCUT2D eigenvalue weighted by molar-refractivity contribution is 5.24. The van der Waals surface area contributed by atoms with E-state index >= 15 is 0 Å². The van der Waals surface area contributed by atoms with E-state index in [0.29, 0.717) is 6.10 Å². The lowest BCUT2D eigenvalue weighted by molar-refractivity contribution is -0.301. The Labute approximate surface area is 67.5 Å². The van der Waals surface area contributed by atoms with E-state index in [1.807, 2.05) is 7.11 Å². The van der Waals surface area contributed by atoms with Crippen molar-refractivity contribution in [3.05, 3.63) is 0 Å². The molecule has 3 aliphatic rings. The highest BCUT2D eigenvalue weighted by Crippen LogP contribution is 2.68. The van der Waals surface area contributed by atoms with Crippen molar-refractivity contribution in [2.45, 2.75) is 25.0 Å². The largest absolute Gasteiger partial charge is 0.381 e. The molecular formula is C9H15NO. The molecule has 0 aromatic carbocycles. The molecule has 4 unspecified atom stereocenters. The van der Waals surface area contributed by atoms with Crippen LogP contribution in [0.2, 0.25) is 0 Å². The summed E-state index contributed by atoms with van der Waals surface area (Å²) in [5.41, 5.74) is 0.745. The summed E-state index contributed by atoms with van der Waals surface area (Å²) in [7, 11) is 4.10. The summed E-state index contributed by atoms with van der Waals surface area (Å²) in [6.45, 7) is 1.34. The number of likely N-dealkylation sites (tertiary alicyclic amines) is 1. The molecule has 2 saturated carbocycles. The van der Waals surface area contributed by atoms with Gasteiger partial charge >= 0.3 is 0 Å². The van der Waals surface area contributed by atoms with Crippen molar-refractivity contribution in [1.29, 1.82) is 0 Å². The van der Waals surface area contributed by atoms with Crippen molar-refractivity contribution in [3.63, 3.8) is 0 Å². The van der Waals surface area contributed by atoms with Crippen molar-refractivity contribution >= 4 is 0 Å². The van der Waals surface area contributed by atoms with E-state index in [1.165, 1.54) is 19.4 Å². The van der Waals surface area contributed by atoms with Gasteiger partial charge in [-0.15, -0.1) is 0 Å². The standard InChI is InChI=1S/C9H15NO/c1-10-5-9-4-7(11-2)6(9)3-8(9)10/h6-8H,3-5H2,1-2H3. The van der Waals surface area contributed by atoms with Gasteiger partial charge in [0.1, 0.15) is 0 Å². The maximum Gasteiger partial charge on any atom is 0.0613 e. The van der Waals surface area contributed by atoms with Crippen molar-refractivity contribution in [2.24, 2.45) is 11.3 Å². The molecule has 0 amide bonds. The molecule has 2 nitrogen and oxygen atoms in total. The molecule has 3 rings (SSSR count). The summed E-state index contributed by atoms with van der Waals surface area (Å²) in [6.07, 6.45) is 3.35. The third kappa shape index (κ3) is 0.482. The lowest BCUT2D eigenvalue weighted by Gasteiger charge is -2.76. The van der Waals surface area contributed by atoms with E-state index in [4.69, 9.17) is 4.74 Å². The predicted octanol–water partition coefficient (Wildman–Crippen LogP) is 0.725. The van der Waals surface area contributed by atoms with Crippen LogP contribution >= 0.6 is 0 Å². The molecule has 1 aliphatic heterocycles. The first kappa shape index (κ1) is 6.44. The molecule has 0 aromatic heterocycles. The second kappa shape index (κ2) is 1.64. The lowest BCUT2D eigenvalue weighted by atomic mass is 9.39. The van der Waals surface area contributed by atoms with Crippen molar-refractivity contribution < 1.29 is 4.74 Å². The van der Waals surface area contributed by atoms with Crippen LogP contribution in [0.25, 0.3) is 0 Å². The van der Waals surface area contributed by atoms with Gasteiger partial charge < -0.3 is 9.64 Å². The summed E-state index contributed by atoms with van der Waals surface area (Å²) in [6, 6.07) is 0.930. The van der Waals surface area contributed by atoms with E-state index in [0.717, 1.165) is 17.4 Å². The summed E-state index contributed by atoms with van der Waals surface area (Å²) < 4.78 is 5.38. The summed E-state index contributed by atoms with van der Waals surface area (Å²) in [5.74, 6) is 0.925. The van der Waals surface area contributed by atoms with Gasteiger partial charge in [0.15, 0.2) is 0 Å². The fourth-order valence-electron chi connectivity index (χ4n) is 3.58. The maximum absolute atomic E-state index is 5.38. The van der Waals surface area contributed by atoms with Gasteiger partial charge in [0, 0.05) is 25.1 Å². The minimum absolute atomic E-state index is 0.611. The van der Waals surface area contributed by atoms with Crippen LogP contribution in [0.4, 0.5) is 0 Å². The average Bonchev–Trinajstić information content (AvgIpc) is 1.96. The Hall–Kier alpha value is -0.0800. The van der Waals surface area contributed by atoms with Gasteiger partial charge in [0.2, 0.25) is 0 Å². The number of nitrogens with zero attached hydrogens (tertiary/aromatic N) is 1. The van der Waals surface area contributed by atoms with Gasteiger partial charge in [-0.05, 0) is 25.8 Å². The first-order valence-corrected chi connectivity index (χ1v) is 4.51. The number of rotatable bonds is 1. The van der Waals surface area contributed by atoms with Crippen molar-refractivity contribution in [1.82, 2.24) is 4.90 Å². The minimum Gasteiger partial charge on any atom is -0.381 e. The smallest absolute Gasteiger partial charge is 0.0613 e. The molecule has 2 aliphatic carbocycles. The number of methoxy groups -OCH3 is 1. The van der Waals surface area contributed by atoms with Crippen molar-refractivity contribution in [3.8, 4) is 0 Å². The van der Waals surface area contributed by atoms with E-state index < -0.39 is 0 Å². The zero-order valence-electron chi connectivity index (χ0n) is 7.21. The topological polar surface area (TPSA) is 12.5 Å². The molecule has 4 atom stereocenters. The van der Waals surface area contributed by atoms with Crippen LogP contribution in [-0.4, -0.2) is 37.7 Å². The molecule has 2 heteroatoms. The second-order valence-electron chi connectivity index (χ2n) is 4.48. The Kier molecular flexibility index (Phi) is 0.961. The SMILES string of the molecule is COC1CC23CN(C)C2CC13. The summed E-state index contributed by atoms with van der Waals surface area (Å²) in [5, 5.41) is 0. The number of hydrogen-bond donors (Lipinski definition) is 0. The van der Waals surface area contributed by atoms with E-state index in [1.54, 1.807) is 0 Å². The van der Waals surface area contributed by atoms with Gasteiger partial charge in [0.05, 0.1) is 6.10 Å².